The summed E-state index contributed by atoms with van der Waals surface area (Å²) >= 11 is 0. The van der Waals surface area contributed by atoms with Crippen molar-refractivity contribution in [1.82, 2.24) is 15.2 Å². The molecule has 0 N–H and O–H groups in total. The summed E-state index contributed by atoms with van der Waals surface area (Å²) in [6.45, 7) is 6.18. The molecule has 0 unspecified atom stereocenters. The van der Waals surface area contributed by atoms with Crippen molar-refractivity contribution in [1.29, 1.82) is 0 Å². The molecule has 0 atom stereocenters. The minimum absolute atomic E-state index is 0.417. The first-order chi connectivity index (χ1) is 6.68. The smallest absolute Gasteiger partial charge is 0.114 e. The lowest BCUT2D eigenvalue weighted by molar-refractivity contribution is 0.793. The first-order valence-electron chi connectivity index (χ1n) is 4.77. The summed E-state index contributed by atoms with van der Waals surface area (Å²) in [5.74, 6) is 0.417. The monoisotopic (exact) mass is 187 g/mol. The minimum atomic E-state index is 0.417. The number of fused-ring (bicyclic) bond motifs is 1. The van der Waals surface area contributed by atoms with Crippen molar-refractivity contribution in [2.45, 2.75) is 26.7 Å². The number of pyridine rings is 1. The number of rotatable bonds is 1. The number of hydrogen-bond donors (Lipinski definition) is 0. The molecule has 0 aromatic carbocycles. The van der Waals surface area contributed by atoms with Crippen LogP contribution in [-0.4, -0.2) is 15.2 Å². The first-order valence-corrected chi connectivity index (χ1v) is 4.77. The highest BCUT2D eigenvalue weighted by atomic mass is 15.1. The van der Waals surface area contributed by atoms with Gasteiger partial charge in [-0.15, -0.1) is 5.10 Å². The van der Waals surface area contributed by atoms with Crippen molar-refractivity contribution in [3.05, 3.63) is 29.7 Å². The summed E-state index contributed by atoms with van der Waals surface area (Å²) < 4.78 is 0. The lowest BCUT2D eigenvalue weighted by Gasteiger charge is -2.05. The predicted molar refractivity (Wildman–Crippen MR) is 56.2 cm³/mol. The fourth-order valence-electron chi connectivity index (χ4n) is 1.40. The van der Waals surface area contributed by atoms with Crippen molar-refractivity contribution in [3.63, 3.8) is 0 Å². The largest absolute Gasteiger partial charge is 0.259 e. The summed E-state index contributed by atoms with van der Waals surface area (Å²) in [4.78, 5) is 4.18. The minimum Gasteiger partial charge on any atom is -0.259 e. The van der Waals surface area contributed by atoms with Gasteiger partial charge in [0.15, 0.2) is 0 Å². The Bertz CT molecular complexity index is 463. The Balaban J connectivity index is 2.67. The van der Waals surface area contributed by atoms with Crippen LogP contribution in [0.2, 0.25) is 0 Å². The van der Waals surface area contributed by atoms with E-state index in [4.69, 9.17) is 0 Å². The molecule has 0 bridgehead atoms. The summed E-state index contributed by atoms with van der Waals surface area (Å²) in [5.41, 5.74) is 2.87. The maximum absolute atomic E-state index is 4.19. The van der Waals surface area contributed by atoms with E-state index in [1.807, 2.05) is 19.2 Å². The van der Waals surface area contributed by atoms with Crippen LogP contribution in [0.4, 0.5) is 0 Å². The Morgan fingerprint density at radius 1 is 1.21 bits per heavy atom. The Morgan fingerprint density at radius 2 is 2.00 bits per heavy atom. The van der Waals surface area contributed by atoms with Crippen molar-refractivity contribution in [3.8, 4) is 0 Å². The van der Waals surface area contributed by atoms with E-state index >= 15 is 0 Å². The molecule has 0 spiro atoms. The van der Waals surface area contributed by atoms with Gasteiger partial charge in [-0.3, -0.25) is 4.98 Å². The molecule has 14 heavy (non-hydrogen) atoms. The second-order valence-corrected chi connectivity index (χ2v) is 3.76. The fraction of sp³-hybridized carbons (Fsp3) is 0.364. The van der Waals surface area contributed by atoms with Gasteiger partial charge in [-0.1, -0.05) is 13.8 Å². The summed E-state index contributed by atoms with van der Waals surface area (Å²) in [7, 11) is 0. The number of aromatic nitrogens is 3. The molecule has 2 aromatic heterocycles. The molecule has 0 saturated carbocycles. The summed E-state index contributed by atoms with van der Waals surface area (Å²) in [6, 6.07) is 4.06. The highest BCUT2D eigenvalue weighted by Crippen LogP contribution is 2.17. The van der Waals surface area contributed by atoms with Gasteiger partial charge in [0.1, 0.15) is 5.52 Å². The van der Waals surface area contributed by atoms with Crippen LogP contribution < -0.4 is 0 Å². The van der Waals surface area contributed by atoms with E-state index in [0.29, 0.717) is 5.92 Å². The third-order valence-electron chi connectivity index (χ3n) is 2.30. The summed E-state index contributed by atoms with van der Waals surface area (Å²) in [6.07, 6.45) is 1.81. The van der Waals surface area contributed by atoms with E-state index in [0.717, 1.165) is 22.3 Å². The Kier molecular flexibility index (Phi) is 2.15. The third kappa shape index (κ3) is 1.45. The highest BCUT2D eigenvalue weighted by molar-refractivity contribution is 5.79. The van der Waals surface area contributed by atoms with E-state index in [1.165, 1.54) is 0 Å². The van der Waals surface area contributed by atoms with Crippen LogP contribution in [0.3, 0.4) is 0 Å². The maximum atomic E-state index is 4.19. The molecule has 0 radical (unpaired) electrons. The average Bonchev–Trinajstić information content (AvgIpc) is 2.17. The quantitative estimate of drug-likeness (QED) is 0.688. The summed E-state index contributed by atoms with van der Waals surface area (Å²) in [5, 5.41) is 9.49. The van der Waals surface area contributed by atoms with Crippen molar-refractivity contribution in [2.24, 2.45) is 0 Å². The second kappa shape index (κ2) is 3.33. The zero-order valence-corrected chi connectivity index (χ0v) is 8.65. The van der Waals surface area contributed by atoms with Gasteiger partial charge in [-0.25, -0.2) is 0 Å². The Labute approximate surface area is 83.2 Å². The maximum Gasteiger partial charge on any atom is 0.114 e. The highest BCUT2D eigenvalue weighted by Gasteiger charge is 2.05. The first kappa shape index (κ1) is 9.06. The molecule has 0 saturated heterocycles. The van der Waals surface area contributed by atoms with E-state index in [1.54, 1.807) is 0 Å². The molecular formula is C11H13N3. The van der Waals surface area contributed by atoms with E-state index in [2.05, 4.69) is 35.1 Å². The standard InChI is InChI=1S/C11H13N3/c1-7(2)10-6-9-4-5-12-8(3)11(9)14-13-10/h4-7H,1-3H3. The van der Waals surface area contributed by atoms with Crippen LogP contribution in [0.5, 0.6) is 0 Å². The molecule has 2 heterocycles. The van der Waals surface area contributed by atoms with Crippen molar-refractivity contribution in [2.75, 3.05) is 0 Å². The third-order valence-corrected chi connectivity index (χ3v) is 2.30. The molecule has 3 heteroatoms. The van der Waals surface area contributed by atoms with Crippen molar-refractivity contribution < 1.29 is 0 Å². The predicted octanol–water partition coefficient (Wildman–Crippen LogP) is 2.46. The average molecular weight is 187 g/mol. The Morgan fingerprint density at radius 3 is 2.71 bits per heavy atom. The topological polar surface area (TPSA) is 38.7 Å². The van der Waals surface area contributed by atoms with E-state index in [-0.39, 0.29) is 0 Å². The van der Waals surface area contributed by atoms with Gasteiger partial charge in [0.2, 0.25) is 0 Å². The van der Waals surface area contributed by atoms with Crippen LogP contribution in [0.1, 0.15) is 31.2 Å². The van der Waals surface area contributed by atoms with Gasteiger partial charge >= 0.3 is 0 Å². The van der Waals surface area contributed by atoms with Gasteiger partial charge in [-0.05, 0) is 25.0 Å². The zero-order valence-electron chi connectivity index (χ0n) is 8.65. The van der Waals surface area contributed by atoms with Crippen LogP contribution in [0, 0.1) is 6.92 Å². The number of nitrogens with zero attached hydrogens (tertiary/aromatic N) is 3. The SMILES string of the molecule is Cc1nccc2cc(C(C)C)nnc12. The van der Waals surface area contributed by atoms with Crippen LogP contribution in [-0.2, 0) is 0 Å². The Hall–Kier alpha value is -1.51. The van der Waals surface area contributed by atoms with Crippen molar-refractivity contribution >= 4 is 10.9 Å². The van der Waals surface area contributed by atoms with E-state index < -0.39 is 0 Å². The molecule has 0 aliphatic rings. The molecule has 0 aliphatic heterocycles. The van der Waals surface area contributed by atoms with Gasteiger partial charge in [0.25, 0.3) is 0 Å². The molecule has 2 rings (SSSR count). The molecule has 2 aromatic rings. The van der Waals surface area contributed by atoms with Crippen LogP contribution >= 0.6 is 0 Å². The van der Waals surface area contributed by atoms with Gasteiger partial charge in [0.05, 0.1) is 11.4 Å². The molecule has 72 valence electrons. The normalized spacial score (nSPS) is 11.1. The number of hydrogen-bond acceptors (Lipinski definition) is 3. The zero-order chi connectivity index (χ0) is 10.1. The number of aryl methyl sites for hydroxylation is 1. The van der Waals surface area contributed by atoms with E-state index in [9.17, 15) is 0 Å². The lowest BCUT2D eigenvalue weighted by atomic mass is 10.1. The van der Waals surface area contributed by atoms with Crippen LogP contribution in [0.25, 0.3) is 10.9 Å². The molecular weight excluding hydrogens is 174 g/mol. The van der Waals surface area contributed by atoms with Crippen LogP contribution in [0.15, 0.2) is 18.3 Å². The lowest BCUT2D eigenvalue weighted by Crippen LogP contribution is -1.97. The second-order valence-electron chi connectivity index (χ2n) is 3.76. The van der Waals surface area contributed by atoms with Gasteiger partial charge in [-0.2, -0.15) is 5.10 Å². The van der Waals surface area contributed by atoms with Gasteiger partial charge in [0, 0.05) is 11.6 Å². The molecule has 3 nitrogen and oxygen atoms in total. The fourth-order valence-corrected chi connectivity index (χ4v) is 1.40. The molecule has 0 amide bonds. The molecule has 0 aliphatic carbocycles. The van der Waals surface area contributed by atoms with Gasteiger partial charge < -0.3 is 0 Å². The molecule has 0 fully saturated rings.